The molecule has 6 nitrogen and oxygen atoms in total. The maximum absolute atomic E-state index is 12.1. The van der Waals surface area contributed by atoms with Gasteiger partial charge in [-0.2, -0.15) is 0 Å². The number of ether oxygens (including phenoxy) is 1. The molecule has 1 aliphatic carbocycles. The number of sulfone groups is 1. The van der Waals surface area contributed by atoms with E-state index in [-0.39, 0.29) is 36.5 Å². The summed E-state index contributed by atoms with van der Waals surface area (Å²) >= 11 is 6.05. The van der Waals surface area contributed by atoms with Gasteiger partial charge in [0.25, 0.3) is 0 Å². The molecule has 0 aromatic heterocycles. The minimum Gasteiger partial charge on any atom is -0.495 e. The van der Waals surface area contributed by atoms with Crippen LogP contribution in [0, 0.1) is 0 Å². The van der Waals surface area contributed by atoms with Crippen molar-refractivity contribution in [3.8, 4) is 5.75 Å². The molecule has 9 heteroatoms. The second-order valence-electron chi connectivity index (χ2n) is 5.84. The number of guanidine groups is 1. The Bertz CT molecular complexity index is 704. The standard InChI is InChI=1S/C15H22ClN3O3S.HI/c1-22-13-6-5-11(9-12(13)16)19-14(17)18-10-15(23(2,20)21)7-3-4-8-15;/h5-6,9H,3-4,7-8,10H2,1-2H3,(H3,17,18,19);1H. The molecule has 1 fully saturated rings. The molecule has 0 bridgehead atoms. The van der Waals surface area contributed by atoms with E-state index in [9.17, 15) is 8.42 Å². The minimum absolute atomic E-state index is 0. The molecule has 0 atom stereocenters. The van der Waals surface area contributed by atoms with E-state index in [1.807, 2.05) is 0 Å². The Kier molecular flexibility index (Phi) is 7.61. The molecule has 0 radical (unpaired) electrons. The van der Waals surface area contributed by atoms with Gasteiger partial charge in [-0.25, -0.2) is 8.42 Å². The van der Waals surface area contributed by atoms with Gasteiger partial charge in [-0.05, 0) is 31.0 Å². The zero-order valence-corrected chi connectivity index (χ0v) is 17.6. The van der Waals surface area contributed by atoms with Gasteiger partial charge in [0.1, 0.15) is 5.75 Å². The highest BCUT2D eigenvalue weighted by Crippen LogP contribution is 2.36. The van der Waals surface area contributed by atoms with E-state index in [4.69, 9.17) is 22.1 Å². The van der Waals surface area contributed by atoms with E-state index < -0.39 is 14.6 Å². The van der Waals surface area contributed by atoms with Gasteiger partial charge in [0.05, 0.1) is 23.4 Å². The van der Waals surface area contributed by atoms with Crippen LogP contribution in [-0.4, -0.2) is 39.0 Å². The van der Waals surface area contributed by atoms with Gasteiger partial charge in [0, 0.05) is 11.9 Å². The van der Waals surface area contributed by atoms with Crippen LogP contribution in [0.4, 0.5) is 5.69 Å². The minimum atomic E-state index is -3.18. The largest absolute Gasteiger partial charge is 0.495 e. The van der Waals surface area contributed by atoms with Crippen LogP contribution in [0.5, 0.6) is 5.75 Å². The fourth-order valence-corrected chi connectivity index (χ4v) is 4.41. The molecular weight excluding hydrogens is 465 g/mol. The number of benzene rings is 1. The summed E-state index contributed by atoms with van der Waals surface area (Å²) in [6.07, 6.45) is 4.36. The molecular formula is C15H23ClIN3O3S. The molecule has 0 saturated heterocycles. The lowest BCUT2D eigenvalue weighted by atomic mass is 10.1. The first kappa shape index (κ1) is 21.3. The predicted octanol–water partition coefficient (Wildman–Crippen LogP) is 3.05. The molecule has 0 unspecified atom stereocenters. The number of nitrogens with zero attached hydrogens (tertiary/aromatic N) is 1. The summed E-state index contributed by atoms with van der Waals surface area (Å²) in [5, 5.41) is 3.37. The summed E-state index contributed by atoms with van der Waals surface area (Å²) < 4.78 is 28.5. The number of hydrogen-bond donors (Lipinski definition) is 2. The maximum Gasteiger partial charge on any atom is 0.193 e. The predicted molar refractivity (Wildman–Crippen MR) is 110 cm³/mol. The Morgan fingerprint density at radius 3 is 2.54 bits per heavy atom. The van der Waals surface area contributed by atoms with Crippen LogP contribution in [-0.2, 0) is 9.84 Å². The van der Waals surface area contributed by atoms with Crippen molar-refractivity contribution in [2.45, 2.75) is 30.4 Å². The van der Waals surface area contributed by atoms with Crippen molar-refractivity contribution in [1.82, 2.24) is 0 Å². The van der Waals surface area contributed by atoms with Gasteiger partial charge in [0.2, 0.25) is 0 Å². The second kappa shape index (κ2) is 8.57. The summed E-state index contributed by atoms with van der Waals surface area (Å²) in [5.41, 5.74) is 6.54. The number of methoxy groups -OCH3 is 1. The van der Waals surface area contributed by atoms with Crippen LogP contribution >= 0.6 is 35.6 Å². The molecule has 0 heterocycles. The molecule has 0 spiro atoms. The Morgan fingerprint density at radius 2 is 2.04 bits per heavy atom. The summed E-state index contributed by atoms with van der Waals surface area (Å²) in [4.78, 5) is 4.24. The quantitative estimate of drug-likeness (QED) is 0.378. The molecule has 2 rings (SSSR count). The average molecular weight is 488 g/mol. The molecule has 1 aromatic rings. The zero-order chi connectivity index (χ0) is 17.1. The van der Waals surface area contributed by atoms with E-state index in [0.717, 1.165) is 12.8 Å². The molecule has 1 aliphatic rings. The third-order valence-corrected chi connectivity index (χ3v) is 6.67. The highest BCUT2D eigenvalue weighted by Gasteiger charge is 2.43. The highest BCUT2D eigenvalue weighted by atomic mass is 127. The number of rotatable bonds is 5. The normalized spacial score (nSPS) is 17.2. The maximum atomic E-state index is 12.1. The van der Waals surface area contributed by atoms with Gasteiger partial charge >= 0.3 is 0 Å². The second-order valence-corrected chi connectivity index (χ2v) is 8.66. The monoisotopic (exact) mass is 487 g/mol. The lowest BCUT2D eigenvalue weighted by Crippen LogP contribution is -2.39. The van der Waals surface area contributed by atoms with Crippen molar-refractivity contribution in [3.63, 3.8) is 0 Å². The number of hydrogen-bond acceptors (Lipinski definition) is 4. The van der Waals surface area contributed by atoms with Gasteiger partial charge in [0.15, 0.2) is 15.8 Å². The summed E-state index contributed by atoms with van der Waals surface area (Å²) in [6.45, 7) is 0.175. The van der Waals surface area contributed by atoms with Crippen molar-refractivity contribution in [1.29, 1.82) is 0 Å². The number of aliphatic imine (C=N–C) groups is 1. The van der Waals surface area contributed by atoms with Crippen LogP contribution < -0.4 is 15.8 Å². The van der Waals surface area contributed by atoms with Crippen molar-refractivity contribution < 1.29 is 13.2 Å². The average Bonchev–Trinajstić information content (AvgIpc) is 2.95. The number of anilines is 1. The first-order valence-electron chi connectivity index (χ1n) is 7.37. The van der Waals surface area contributed by atoms with Crippen LogP contribution in [0.2, 0.25) is 5.02 Å². The Balaban J connectivity index is 0.00000288. The molecule has 1 aromatic carbocycles. The van der Waals surface area contributed by atoms with Crippen molar-refractivity contribution in [2.75, 3.05) is 25.2 Å². The first-order chi connectivity index (χ1) is 10.8. The highest BCUT2D eigenvalue weighted by molar-refractivity contribution is 14.0. The van der Waals surface area contributed by atoms with Gasteiger partial charge in [-0.1, -0.05) is 24.4 Å². The van der Waals surface area contributed by atoms with E-state index in [1.165, 1.54) is 13.4 Å². The van der Waals surface area contributed by atoms with E-state index >= 15 is 0 Å². The number of halogens is 2. The van der Waals surface area contributed by atoms with Gasteiger partial charge in [-0.3, -0.25) is 4.99 Å². The molecule has 0 amide bonds. The van der Waals surface area contributed by atoms with Crippen LogP contribution in [0.1, 0.15) is 25.7 Å². The SMILES string of the molecule is COc1ccc(NC(N)=NCC2(S(C)(=O)=O)CCCC2)cc1Cl.I. The molecule has 3 N–H and O–H groups in total. The summed E-state index contributed by atoms with van der Waals surface area (Å²) in [6, 6.07) is 5.15. The van der Waals surface area contributed by atoms with E-state index in [0.29, 0.717) is 29.3 Å². The van der Waals surface area contributed by atoms with Gasteiger partial charge < -0.3 is 15.8 Å². The summed E-state index contributed by atoms with van der Waals surface area (Å²) in [7, 11) is -1.64. The molecule has 24 heavy (non-hydrogen) atoms. The Morgan fingerprint density at radius 1 is 1.42 bits per heavy atom. The molecule has 136 valence electrons. The topological polar surface area (TPSA) is 93.8 Å². The first-order valence-corrected chi connectivity index (χ1v) is 9.64. The zero-order valence-electron chi connectivity index (χ0n) is 13.7. The molecule has 1 saturated carbocycles. The van der Waals surface area contributed by atoms with Crippen molar-refractivity contribution in [2.24, 2.45) is 10.7 Å². The molecule has 0 aliphatic heterocycles. The third kappa shape index (κ3) is 4.89. The van der Waals surface area contributed by atoms with Crippen LogP contribution in [0.3, 0.4) is 0 Å². The van der Waals surface area contributed by atoms with E-state index in [1.54, 1.807) is 18.2 Å². The fourth-order valence-electron chi connectivity index (χ4n) is 2.83. The fraction of sp³-hybridized carbons (Fsp3) is 0.533. The Labute approximate surface area is 165 Å². The number of nitrogens with one attached hydrogen (secondary N) is 1. The lowest BCUT2D eigenvalue weighted by molar-refractivity contribution is 0.415. The van der Waals surface area contributed by atoms with Crippen molar-refractivity contribution in [3.05, 3.63) is 23.2 Å². The summed E-state index contributed by atoms with van der Waals surface area (Å²) in [5.74, 6) is 0.732. The third-order valence-electron chi connectivity index (χ3n) is 4.26. The van der Waals surface area contributed by atoms with Crippen molar-refractivity contribution >= 4 is 57.1 Å². The van der Waals surface area contributed by atoms with Gasteiger partial charge in [-0.15, -0.1) is 24.0 Å². The smallest absolute Gasteiger partial charge is 0.193 e. The Hall–Kier alpha value is -0.740. The lowest BCUT2D eigenvalue weighted by Gasteiger charge is -2.24. The van der Waals surface area contributed by atoms with Crippen LogP contribution in [0.15, 0.2) is 23.2 Å². The number of nitrogens with two attached hydrogens (primary N) is 1. The van der Waals surface area contributed by atoms with E-state index in [2.05, 4.69) is 10.3 Å². The van der Waals surface area contributed by atoms with Crippen LogP contribution in [0.25, 0.3) is 0 Å².